The molecule has 0 aromatic heterocycles. The van der Waals surface area contributed by atoms with E-state index >= 15 is 0 Å². The largest absolute Gasteiger partial charge is 0.313 e. The first-order chi connectivity index (χ1) is 11.8. The van der Waals surface area contributed by atoms with E-state index in [1.165, 1.54) is 5.56 Å². The van der Waals surface area contributed by atoms with Crippen LogP contribution in [0.1, 0.15) is 41.5 Å². The molecule has 2 atom stereocenters. The van der Waals surface area contributed by atoms with E-state index in [1.54, 1.807) is 0 Å². The summed E-state index contributed by atoms with van der Waals surface area (Å²) in [7, 11) is -1.39. The molecule has 1 aliphatic carbocycles. The number of nitrogens with one attached hydrogen (secondary N) is 2. The molecule has 0 spiro atoms. The van der Waals surface area contributed by atoms with Gasteiger partial charge >= 0.3 is 0 Å². The maximum absolute atomic E-state index is 11.5. The van der Waals surface area contributed by atoms with Gasteiger partial charge in [0.1, 0.15) is 0 Å². The van der Waals surface area contributed by atoms with Crippen molar-refractivity contribution in [3.63, 3.8) is 0 Å². The minimum Gasteiger partial charge on any atom is -0.313 e. The van der Waals surface area contributed by atoms with Crippen LogP contribution in [-0.4, -0.2) is 21.7 Å². The molecule has 0 saturated heterocycles. The number of sulfonamides is 1. The van der Waals surface area contributed by atoms with Crippen LogP contribution in [0.4, 0.5) is 5.69 Å². The molecule has 0 saturated carbocycles. The van der Waals surface area contributed by atoms with Crippen molar-refractivity contribution in [1.82, 2.24) is 5.32 Å². The summed E-state index contributed by atoms with van der Waals surface area (Å²) >= 11 is 12.2. The van der Waals surface area contributed by atoms with Crippen LogP contribution >= 0.6 is 23.2 Å². The predicted molar refractivity (Wildman–Crippen MR) is 104 cm³/mol. The molecular formula is C18H20Cl2N2O2S. The second-order valence-corrected chi connectivity index (χ2v) is 8.93. The molecule has 0 fully saturated rings. The Hall–Kier alpha value is -1.27. The van der Waals surface area contributed by atoms with Crippen LogP contribution in [0.3, 0.4) is 0 Å². The number of hydrogen-bond donors (Lipinski definition) is 2. The van der Waals surface area contributed by atoms with Crippen LogP contribution in [0.15, 0.2) is 36.4 Å². The summed E-state index contributed by atoms with van der Waals surface area (Å²) in [4.78, 5) is 0. The van der Waals surface area contributed by atoms with E-state index in [-0.39, 0.29) is 12.0 Å². The van der Waals surface area contributed by atoms with Crippen LogP contribution in [0.25, 0.3) is 0 Å². The van der Waals surface area contributed by atoms with Gasteiger partial charge in [-0.3, -0.25) is 4.72 Å². The third-order valence-corrected chi connectivity index (χ3v) is 5.92. The van der Waals surface area contributed by atoms with Gasteiger partial charge in [0.25, 0.3) is 0 Å². The van der Waals surface area contributed by atoms with Gasteiger partial charge in [0.2, 0.25) is 10.0 Å². The molecule has 2 aromatic rings. The smallest absolute Gasteiger partial charge is 0.229 e. The molecule has 2 unspecified atom stereocenters. The standard InChI is InChI=1S/C18H20Cl2N2O2S/c1-21-18-8-6-13(11-3-7-16(19)17(20)9-11)14-5-4-12(10-15(14)18)22-25(2,23)24/h3-5,7,9-10,13,18,21-22H,6,8H2,1-2H3. The molecule has 0 amide bonds. The Kier molecular flexibility index (Phi) is 5.30. The molecule has 2 aromatic carbocycles. The summed E-state index contributed by atoms with van der Waals surface area (Å²) < 4.78 is 25.6. The van der Waals surface area contributed by atoms with E-state index in [0.717, 1.165) is 30.2 Å². The van der Waals surface area contributed by atoms with Gasteiger partial charge in [-0.15, -0.1) is 0 Å². The fourth-order valence-corrected chi connectivity index (χ4v) is 4.35. The van der Waals surface area contributed by atoms with Crippen molar-refractivity contribution in [2.45, 2.75) is 24.8 Å². The van der Waals surface area contributed by atoms with Crippen LogP contribution in [0.5, 0.6) is 0 Å². The first kappa shape index (κ1) is 18.5. The highest BCUT2D eigenvalue weighted by Gasteiger charge is 2.28. The molecule has 4 nitrogen and oxygen atoms in total. The van der Waals surface area contributed by atoms with E-state index in [1.807, 2.05) is 43.4 Å². The van der Waals surface area contributed by atoms with Crippen molar-refractivity contribution in [2.75, 3.05) is 18.0 Å². The maximum atomic E-state index is 11.5. The van der Waals surface area contributed by atoms with Crippen molar-refractivity contribution in [1.29, 1.82) is 0 Å². The summed E-state index contributed by atoms with van der Waals surface area (Å²) in [6, 6.07) is 11.7. The minimum atomic E-state index is -3.31. The number of anilines is 1. The highest BCUT2D eigenvalue weighted by Crippen LogP contribution is 2.43. The third-order valence-electron chi connectivity index (χ3n) is 4.58. The van der Waals surface area contributed by atoms with Crippen molar-refractivity contribution < 1.29 is 8.42 Å². The normalized spacial score (nSPS) is 20.2. The van der Waals surface area contributed by atoms with Gasteiger partial charge < -0.3 is 5.32 Å². The monoisotopic (exact) mass is 398 g/mol. The fourth-order valence-electron chi connectivity index (χ4n) is 3.49. The van der Waals surface area contributed by atoms with Gasteiger partial charge in [-0.25, -0.2) is 8.42 Å². The van der Waals surface area contributed by atoms with Crippen LogP contribution in [0.2, 0.25) is 10.0 Å². The molecule has 3 rings (SSSR count). The first-order valence-electron chi connectivity index (χ1n) is 8.02. The van der Waals surface area contributed by atoms with E-state index in [0.29, 0.717) is 15.7 Å². The highest BCUT2D eigenvalue weighted by atomic mass is 35.5. The average Bonchev–Trinajstić information content (AvgIpc) is 2.55. The zero-order valence-corrected chi connectivity index (χ0v) is 16.3. The van der Waals surface area contributed by atoms with Gasteiger partial charge in [-0.05, 0) is 60.8 Å². The van der Waals surface area contributed by atoms with Crippen molar-refractivity contribution in [3.8, 4) is 0 Å². The van der Waals surface area contributed by atoms with Gasteiger partial charge in [0.05, 0.1) is 16.3 Å². The topological polar surface area (TPSA) is 58.2 Å². The number of fused-ring (bicyclic) bond motifs is 1. The SMILES string of the molecule is CNC1CCC(c2ccc(Cl)c(Cl)c2)c2ccc(NS(C)(=O)=O)cc21. The average molecular weight is 399 g/mol. The lowest BCUT2D eigenvalue weighted by atomic mass is 9.76. The Morgan fingerprint density at radius 3 is 2.40 bits per heavy atom. The summed E-state index contributed by atoms with van der Waals surface area (Å²) in [5, 5.41) is 4.41. The second-order valence-electron chi connectivity index (χ2n) is 6.36. The lowest BCUT2D eigenvalue weighted by Crippen LogP contribution is -2.24. The Labute approximate surface area is 158 Å². The van der Waals surface area contributed by atoms with Crippen molar-refractivity contribution >= 4 is 38.9 Å². The van der Waals surface area contributed by atoms with E-state index in [9.17, 15) is 8.42 Å². The highest BCUT2D eigenvalue weighted by molar-refractivity contribution is 7.92. The Morgan fingerprint density at radius 1 is 1.00 bits per heavy atom. The van der Waals surface area contributed by atoms with E-state index < -0.39 is 10.0 Å². The third kappa shape index (κ3) is 4.11. The summed E-state index contributed by atoms with van der Waals surface area (Å²) in [6.07, 6.45) is 3.09. The van der Waals surface area contributed by atoms with Gasteiger partial charge in [0, 0.05) is 17.6 Å². The molecule has 1 aliphatic rings. The van der Waals surface area contributed by atoms with Crippen molar-refractivity contribution in [2.24, 2.45) is 0 Å². The zero-order chi connectivity index (χ0) is 18.2. The molecule has 7 heteroatoms. The molecular weight excluding hydrogens is 379 g/mol. The molecule has 2 N–H and O–H groups in total. The maximum Gasteiger partial charge on any atom is 0.229 e. The van der Waals surface area contributed by atoms with E-state index in [2.05, 4.69) is 10.0 Å². The fraction of sp³-hybridized carbons (Fsp3) is 0.333. The lowest BCUT2D eigenvalue weighted by Gasteiger charge is -2.32. The first-order valence-corrected chi connectivity index (χ1v) is 10.7. The summed E-state index contributed by atoms with van der Waals surface area (Å²) in [5.74, 6) is 0.210. The molecule has 0 heterocycles. The van der Waals surface area contributed by atoms with Gasteiger partial charge in [-0.2, -0.15) is 0 Å². The Morgan fingerprint density at radius 2 is 1.76 bits per heavy atom. The minimum absolute atomic E-state index is 0.190. The van der Waals surface area contributed by atoms with Gasteiger partial charge in [-0.1, -0.05) is 35.3 Å². The molecule has 0 radical (unpaired) electrons. The lowest BCUT2D eigenvalue weighted by molar-refractivity contribution is 0.471. The van der Waals surface area contributed by atoms with E-state index in [4.69, 9.17) is 23.2 Å². The number of hydrogen-bond acceptors (Lipinski definition) is 3. The van der Waals surface area contributed by atoms with Crippen molar-refractivity contribution in [3.05, 3.63) is 63.1 Å². The van der Waals surface area contributed by atoms with Crippen LogP contribution < -0.4 is 10.0 Å². The quantitative estimate of drug-likeness (QED) is 0.793. The molecule has 25 heavy (non-hydrogen) atoms. The zero-order valence-electron chi connectivity index (χ0n) is 14.0. The number of rotatable bonds is 4. The number of benzene rings is 2. The van der Waals surface area contributed by atoms with Crippen LogP contribution in [-0.2, 0) is 10.0 Å². The second kappa shape index (κ2) is 7.16. The predicted octanol–water partition coefficient (Wildman–Crippen LogP) is 4.55. The number of halogens is 2. The Balaban J connectivity index is 2.04. The molecule has 0 aliphatic heterocycles. The van der Waals surface area contributed by atoms with Gasteiger partial charge in [0.15, 0.2) is 0 Å². The molecule has 134 valence electrons. The molecule has 0 bridgehead atoms. The summed E-state index contributed by atoms with van der Waals surface area (Å²) in [5.41, 5.74) is 3.99. The summed E-state index contributed by atoms with van der Waals surface area (Å²) in [6.45, 7) is 0. The Bertz CT molecular complexity index is 900. The van der Waals surface area contributed by atoms with Crippen LogP contribution in [0, 0.1) is 0 Å².